The molecule has 0 radical (unpaired) electrons. The fourth-order valence-electron chi connectivity index (χ4n) is 1.44. The number of carboxylic acids is 1. The number of aliphatic carboxylic acids is 1. The molecule has 0 aliphatic heterocycles. The number of carboxylic acid groups (broad SMARTS) is 1. The van der Waals surface area contributed by atoms with Gasteiger partial charge in [-0.15, -0.1) is 0 Å². The quantitative estimate of drug-likeness (QED) is 0.571. The smallest absolute Gasteiger partial charge is 0.328 e. The minimum absolute atomic E-state index is 0.574. The van der Waals surface area contributed by atoms with Crippen molar-refractivity contribution in [3.05, 3.63) is 35.9 Å². The maximum absolute atomic E-state index is 11.8. The number of amides is 1. The van der Waals surface area contributed by atoms with Gasteiger partial charge in [0.2, 0.25) is 5.91 Å². The molecule has 1 rings (SSSR count). The normalized spacial score (nSPS) is 15.5. The van der Waals surface area contributed by atoms with Gasteiger partial charge in [-0.2, -0.15) is 0 Å². The molecule has 1 aromatic carbocycles. The lowest BCUT2D eigenvalue weighted by atomic mass is 10.1. The van der Waals surface area contributed by atoms with Gasteiger partial charge in [0.1, 0.15) is 6.04 Å². The second kappa shape index (κ2) is 6.13. The fraction of sp³-hybridized carbons (Fsp3) is 0.333. The van der Waals surface area contributed by atoms with Crippen LogP contribution in [-0.4, -0.2) is 34.2 Å². The number of nitrogens with one attached hydrogen (secondary N) is 1. The average molecular weight is 252 g/mol. The van der Waals surface area contributed by atoms with Crippen molar-refractivity contribution in [2.24, 2.45) is 5.73 Å². The third-order valence-corrected chi connectivity index (χ3v) is 2.49. The predicted molar refractivity (Wildman–Crippen MR) is 64.6 cm³/mol. The van der Waals surface area contributed by atoms with E-state index in [0.29, 0.717) is 5.56 Å². The van der Waals surface area contributed by atoms with Gasteiger partial charge in [-0.3, -0.25) is 4.79 Å². The van der Waals surface area contributed by atoms with Gasteiger partial charge in [0, 0.05) is 0 Å². The summed E-state index contributed by atoms with van der Waals surface area (Å²) in [6, 6.07) is 6.24. The van der Waals surface area contributed by atoms with Crippen molar-refractivity contribution >= 4 is 11.9 Å². The Labute approximate surface area is 104 Å². The molecular weight excluding hydrogens is 236 g/mol. The SMILES string of the molecule is CC(O)C(NC(=O)C(N)c1ccccc1)C(=O)O. The summed E-state index contributed by atoms with van der Waals surface area (Å²) in [5, 5.41) is 20.3. The van der Waals surface area contributed by atoms with Crippen molar-refractivity contribution in [3.63, 3.8) is 0 Å². The molecule has 3 atom stereocenters. The third-order valence-electron chi connectivity index (χ3n) is 2.49. The standard InChI is InChI=1S/C12H16N2O4/c1-7(15)10(12(17)18)14-11(16)9(13)8-5-3-2-4-6-8/h2-7,9-10,15H,13H2,1H3,(H,14,16)(H,17,18). The van der Waals surface area contributed by atoms with Gasteiger partial charge in [0.05, 0.1) is 6.10 Å². The van der Waals surface area contributed by atoms with Gasteiger partial charge in [0.25, 0.3) is 0 Å². The summed E-state index contributed by atoms with van der Waals surface area (Å²) >= 11 is 0. The molecular formula is C12H16N2O4. The van der Waals surface area contributed by atoms with Crippen LogP contribution in [0.3, 0.4) is 0 Å². The Bertz CT molecular complexity index is 419. The molecule has 6 heteroatoms. The van der Waals surface area contributed by atoms with Crippen molar-refractivity contribution in [1.82, 2.24) is 5.32 Å². The van der Waals surface area contributed by atoms with Crippen LogP contribution >= 0.6 is 0 Å². The first-order valence-electron chi connectivity index (χ1n) is 5.45. The van der Waals surface area contributed by atoms with E-state index in [9.17, 15) is 14.7 Å². The zero-order chi connectivity index (χ0) is 13.7. The average Bonchev–Trinajstić information content (AvgIpc) is 2.35. The first-order chi connectivity index (χ1) is 8.43. The maximum atomic E-state index is 11.8. The van der Waals surface area contributed by atoms with E-state index in [4.69, 9.17) is 10.8 Å². The third kappa shape index (κ3) is 3.54. The number of hydrogen-bond acceptors (Lipinski definition) is 4. The summed E-state index contributed by atoms with van der Waals surface area (Å²) < 4.78 is 0. The highest BCUT2D eigenvalue weighted by atomic mass is 16.4. The topological polar surface area (TPSA) is 113 Å². The van der Waals surface area contributed by atoms with Crippen molar-refractivity contribution in [1.29, 1.82) is 0 Å². The molecule has 3 unspecified atom stereocenters. The molecule has 0 heterocycles. The predicted octanol–water partition coefficient (Wildman–Crippen LogP) is -0.363. The fourth-order valence-corrected chi connectivity index (χ4v) is 1.44. The molecule has 0 saturated heterocycles. The molecule has 0 aliphatic carbocycles. The number of carbonyl (C=O) groups excluding carboxylic acids is 1. The van der Waals surface area contributed by atoms with E-state index in [1.54, 1.807) is 30.3 Å². The van der Waals surface area contributed by atoms with Crippen molar-refractivity contribution in [2.75, 3.05) is 0 Å². The number of benzene rings is 1. The molecule has 98 valence electrons. The molecule has 1 amide bonds. The van der Waals surface area contributed by atoms with E-state index in [2.05, 4.69) is 5.32 Å². The van der Waals surface area contributed by atoms with Crippen LogP contribution in [0.4, 0.5) is 0 Å². The van der Waals surface area contributed by atoms with Crippen LogP contribution in [0.15, 0.2) is 30.3 Å². The van der Waals surface area contributed by atoms with Crippen LogP contribution < -0.4 is 11.1 Å². The molecule has 0 aromatic heterocycles. The maximum Gasteiger partial charge on any atom is 0.328 e. The Morgan fingerprint density at radius 1 is 1.28 bits per heavy atom. The van der Waals surface area contributed by atoms with Crippen LogP contribution in [0, 0.1) is 0 Å². The Balaban J connectivity index is 2.73. The van der Waals surface area contributed by atoms with E-state index in [-0.39, 0.29) is 0 Å². The minimum Gasteiger partial charge on any atom is -0.480 e. The van der Waals surface area contributed by atoms with E-state index < -0.39 is 30.1 Å². The summed E-state index contributed by atoms with van der Waals surface area (Å²) in [5.74, 6) is -1.95. The molecule has 0 fully saturated rings. The summed E-state index contributed by atoms with van der Waals surface area (Å²) in [7, 11) is 0. The Hall–Kier alpha value is -1.92. The second-order valence-electron chi connectivity index (χ2n) is 3.95. The summed E-state index contributed by atoms with van der Waals surface area (Å²) in [4.78, 5) is 22.6. The van der Waals surface area contributed by atoms with Crippen molar-refractivity contribution < 1.29 is 19.8 Å². The number of nitrogens with two attached hydrogens (primary N) is 1. The highest BCUT2D eigenvalue weighted by Gasteiger charge is 2.27. The number of rotatable bonds is 5. The van der Waals surface area contributed by atoms with E-state index in [1.807, 2.05) is 0 Å². The Kier molecular flexibility index (Phi) is 4.82. The summed E-state index contributed by atoms with van der Waals surface area (Å²) in [5.41, 5.74) is 6.27. The zero-order valence-corrected chi connectivity index (χ0v) is 9.91. The van der Waals surface area contributed by atoms with Gasteiger partial charge in [-0.25, -0.2) is 4.79 Å². The highest BCUT2D eigenvalue weighted by molar-refractivity contribution is 5.87. The largest absolute Gasteiger partial charge is 0.480 e. The van der Waals surface area contributed by atoms with E-state index in [1.165, 1.54) is 6.92 Å². The molecule has 0 spiro atoms. The van der Waals surface area contributed by atoms with Crippen molar-refractivity contribution in [3.8, 4) is 0 Å². The number of aliphatic hydroxyl groups excluding tert-OH is 1. The highest BCUT2D eigenvalue weighted by Crippen LogP contribution is 2.10. The van der Waals surface area contributed by atoms with Crippen LogP contribution in [0.2, 0.25) is 0 Å². The molecule has 18 heavy (non-hydrogen) atoms. The molecule has 0 saturated carbocycles. The summed E-state index contributed by atoms with van der Waals surface area (Å²) in [6.07, 6.45) is -1.20. The van der Waals surface area contributed by atoms with Gasteiger partial charge in [-0.1, -0.05) is 30.3 Å². The lowest BCUT2D eigenvalue weighted by Gasteiger charge is -2.19. The number of aliphatic hydroxyl groups is 1. The number of carbonyl (C=O) groups is 2. The van der Waals surface area contributed by atoms with Gasteiger partial charge >= 0.3 is 5.97 Å². The lowest BCUT2D eigenvalue weighted by molar-refractivity contribution is -0.145. The van der Waals surface area contributed by atoms with E-state index >= 15 is 0 Å². The second-order valence-corrected chi connectivity index (χ2v) is 3.95. The molecule has 0 bridgehead atoms. The Morgan fingerprint density at radius 3 is 2.28 bits per heavy atom. The van der Waals surface area contributed by atoms with Crippen LogP contribution in [-0.2, 0) is 9.59 Å². The zero-order valence-electron chi connectivity index (χ0n) is 9.91. The molecule has 0 aliphatic rings. The first kappa shape index (κ1) is 14.1. The van der Waals surface area contributed by atoms with E-state index in [0.717, 1.165) is 0 Å². The molecule has 6 nitrogen and oxygen atoms in total. The monoisotopic (exact) mass is 252 g/mol. The molecule has 5 N–H and O–H groups in total. The first-order valence-corrected chi connectivity index (χ1v) is 5.45. The van der Waals surface area contributed by atoms with Gasteiger partial charge in [-0.05, 0) is 12.5 Å². The van der Waals surface area contributed by atoms with Crippen LogP contribution in [0.25, 0.3) is 0 Å². The van der Waals surface area contributed by atoms with Gasteiger partial charge < -0.3 is 21.3 Å². The summed E-state index contributed by atoms with van der Waals surface area (Å²) in [6.45, 7) is 1.28. The lowest BCUT2D eigenvalue weighted by Crippen LogP contribution is -2.50. The van der Waals surface area contributed by atoms with Crippen LogP contribution in [0.5, 0.6) is 0 Å². The minimum atomic E-state index is -1.37. The van der Waals surface area contributed by atoms with Crippen molar-refractivity contribution in [2.45, 2.75) is 25.1 Å². The molecule has 1 aromatic rings. The number of hydrogen-bond donors (Lipinski definition) is 4. The van der Waals surface area contributed by atoms with Gasteiger partial charge in [0.15, 0.2) is 6.04 Å². The Morgan fingerprint density at radius 2 is 1.83 bits per heavy atom. The van der Waals surface area contributed by atoms with Crippen LogP contribution in [0.1, 0.15) is 18.5 Å².